The van der Waals surface area contributed by atoms with Crippen molar-refractivity contribution >= 4 is 45.6 Å². The summed E-state index contributed by atoms with van der Waals surface area (Å²) in [5.41, 5.74) is 4.89. The molecule has 1 aliphatic carbocycles. The van der Waals surface area contributed by atoms with Gasteiger partial charge in [0.05, 0.1) is 11.4 Å². The van der Waals surface area contributed by atoms with Crippen molar-refractivity contribution in [1.82, 2.24) is 0 Å². The van der Waals surface area contributed by atoms with Crippen LogP contribution in [0.25, 0.3) is 10.8 Å². The van der Waals surface area contributed by atoms with Crippen LogP contribution in [0.4, 0.5) is 81.2 Å². The zero-order valence-electron chi connectivity index (χ0n) is 19.0. The Kier molecular flexibility index (Phi) is 9.23. The van der Waals surface area contributed by atoms with Crippen molar-refractivity contribution in [3.63, 3.8) is 0 Å². The number of para-hydroxylation sites is 1. The molecule has 1 nitrogen and oxygen atoms in total. The van der Waals surface area contributed by atoms with Crippen LogP contribution < -0.4 is 0 Å². The fourth-order valence-electron chi connectivity index (χ4n) is 2.84. The fourth-order valence-corrected chi connectivity index (χ4v) is 2.84. The molecule has 0 spiro atoms. The van der Waals surface area contributed by atoms with E-state index in [9.17, 15) is 75.5 Å². The maximum atomic E-state index is 9.87. The second-order valence-corrected chi connectivity index (χ2v) is 13.5. The molecule has 3 aromatic carbocycles. The Bertz CT molecular complexity index is 1310. The SMILES string of the molecule is F[P-](F)(F)(F)(F)F.F[P-](F)(F)(F)(F)F.F[P-](F)(F)(F)(F)F.[Ir+3].c1ccc(N=C2Cc3cccc4cccc2c34)cc1. The van der Waals surface area contributed by atoms with Crippen molar-refractivity contribution < 1.29 is 95.6 Å². The molecule has 23 heteroatoms. The molecular formula is C18H13F18IrNP3. The first kappa shape index (κ1) is 39.3. The summed E-state index contributed by atoms with van der Waals surface area (Å²) in [6.45, 7) is 0. The van der Waals surface area contributed by atoms with Crippen LogP contribution in [0.2, 0.25) is 0 Å². The van der Waals surface area contributed by atoms with Crippen LogP contribution in [0.15, 0.2) is 71.7 Å². The second kappa shape index (κ2) is 9.64. The molecule has 240 valence electrons. The third-order valence-corrected chi connectivity index (χ3v) is 3.68. The van der Waals surface area contributed by atoms with Gasteiger partial charge in [-0.3, -0.25) is 4.99 Å². The van der Waals surface area contributed by atoms with Gasteiger partial charge in [-0.05, 0) is 28.5 Å². The van der Waals surface area contributed by atoms with E-state index in [1.54, 1.807) is 0 Å². The van der Waals surface area contributed by atoms with E-state index in [-0.39, 0.29) is 20.1 Å². The number of rotatable bonds is 1. The molecule has 0 heterocycles. The quantitative estimate of drug-likeness (QED) is 0.171. The topological polar surface area (TPSA) is 12.4 Å². The fraction of sp³-hybridized carbons (Fsp3) is 0.0556. The van der Waals surface area contributed by atoms with Gasteiger partial charge in [-0.2, -0.15) is 0 Å². The third kappa shape index (κ3) is 28.2. The molecule has 0 N–H and O–H groups in total. The monoisotopic (exact) mass is 871 g/mol. The normalized spacial score (nSPS) is 18.9. The first-order valence-electron chi connectivity index (χ1n) is 9.60. The molecule has 0 bridgehead atoms. The molecule has 0 aliphatic heterocycles. The minimum atomic E-state index is -10.7. The summed E-state index contributed by atoms with van der Waals surface area (Å²) < 4.78 is 178. The summed E-state index contributed by atoms with van der Waals surface area (Å²) in [5.74, 6) is 0. The van der Waals surface area contributed by atoms with Crippen LogP contribution in [0, 0.1) is 0 Å². The summed E-state index contributed by atoms with van der Waals surface area (Å²) in [4.78, 5) is 4.81. The van der Waals surface area contributed by atoms with Crippen LogP contribution in [-0.4, -0.2) is 5.71 Å². The molecule has 0 aromatic heterocycles. The zero-order chi connectivity index (χ0) is 31.9. The van der Waals surface area contributed by atoms with Crippen LogP contribution in [0.1, 0.15) is 11.1 Å². The number of aliphatic imine (C=N–C) groups is 1. The molecule has 0 fully saturated rings. The van der Waals surface area contributed by atoms with Gasteiger partial charge in [0, 0.05) is 12.0 Å². The average molecular weight is 870 g/mol. The van der Waals surface area contributed by atoms with Gasteiger partial charge in [-0.25, -0.2) is 0 Å². The van der Waals surface area contributed by atoms with E-state index in [4.69, 9.17) is 4.99 Å². The number of nitrogens with zero attached hydrogens (tertiary/aromatic N) is 1. The zero-order valence-corrected chi connectivity index (χ0v) is 24.1. The van der Waals surface area contributed by atoms with Gasteiger partial charge < -0.3 is 0 Å². The largest absolute Gasteiger partial charge is 3.00 e. The van der Waals surface area contributed by atoms with Crippen LogP contribution in [0.5, 0.6) is 0 Å². The summed E-state index contributed by atoms with van der Waals surface area (Å²) in [5, 5.41) is 2.69. The summed E-state index contributed by atoms with van der Waals surface area (Å²) >= 11 is 0. The minimum absolute atomic E-state index is 0. The number of halogens is 18. The van der Waals surface area contributed by atoms with E-state index in [2.05, 4.69) is 48.5 Å². The van der Waals surface area contributed by atoms with Crippen LogP contribution >= 0.6 is 23.4 Å². The Labute approximate surface area is 230 Å². The van der Waals surface area contributed by atoms with Crippen molar-refractivity contribution in [3.8, 4) is 0 Å². The maximum absolute atomic E-state index is 10.7. The van der Waals surface area contributed by atoms with Crippen LogP contribution in [-0.2, 0) is 26.5 Å². The molecule has 4 rings (SSSR count). The maximum Gasteiger partial charge on any atom is 3.00 e. The van der Waals surface area contributed by atoms with Gasteiger partial charge in [0.15, 0.2) is 0 Å². The minimum Gasteiger partial charge on any atom is -0.252 e. The Hall–Kier alpha value is -1.73. The van der Waals surface area contributed by atoms with E-state index < -0.39 is 23.4 Å². The Balaban J connectivity index is 0.000000612. The molecule has 1 aliphatic rings. The number of hydrogen-bond donors (Lipinski definition) is 0. The smallest absolute Gasteiger partial charge is 0.252 e. The van der Waals surface area contributed by atoms with Crippen molar-refractivity contribution in [2.75, 3.05) is 0 Å². The van der Waals surface area contributed by atoms with Gasteiger partial charge in [0.2, 0.25) is 0 Å². The van der Waals surface area contributed by atoms with E-state index in [0.717, 1.165) is 12.1 Å². The molecule has 0 unspecified atom stereocenters. The van der Waals surface area contributed by atoms with Crippen molar-refractivity contribution in [1.29, 1.82) is 0 Å². The number of hydrogen-bond acceptors (Lipinski definition) is 1. The van der Waals surface area contributed by atoms with Gasteiger partial charge >= 0.3 is 119 Å². The molecule has 0 saturated carbocycles. The standard InChI is InChI=1S/C18H13N.3F6P.Ir/c1-2-9-15(10-3-1)19-17-12-14-8-4-6-13-7-5-11-16(17)18(13)14;3*1-7(2,3,4,5)6;/h1-11H,12H2;;;;/q;3*-1;+3. The van der Waals surface area contributed by atoms with E-state index in [0.29, 0.717) is 0 Å². The van der Waals surface area contributed by atoms with Gasteiger partial charge in [-0.15, -0.1) is 0 Å². The molecular weight excluding hydrogens is 857 g/mol. The first-order valence-corrected chi connectivity index (χ1v) is 15.7. The average Bonchev–Trinajstić information content (AvgIpc) is 2.95. The third-order valence-electron chi connectivity index (χ3n) is 3.68. The number of benzene rings is 3. The van der Waals surface area contributed by atoms with Crippen molar-refractivity contribution in [2.24, 2.45) is 4.99 Å². The van der Waals surface area contributed by atoms with Crippen LogP contribution in [0.3, 0.4) is 0 Å². The Morgan fingerprint density at radius 2 is 0.829 bits per heavy atom. The van der Waals surface area contributed by atoms with Gasteiger partial charge in [0.25, 0.3) is 0 Å². The molecule has 3 aromatic rings. The Morgan fingerprint density at radius 1 is 0.463 bits per heavy atom. The molecule has 41 heavy (non-hydrogen) atoms. The van der Waals surface area contributed by atoms with E-state index in [1.165, 1.54) is 27.6 Å². The van der Waals surface area contributed by atoms with Crippen molar-refractivity contribution in [3.05, 3.63) is 77.9 Å². The van der Waals surface area contributed by atoms with E-state index in [1.807, 2.05) is 18.2 Å². The predicted octanol–water partition coefficient (Wildman–Crippen LogP) is 14.7. The molecule has 0 saturated heterocycles. The van der Waals surface area contributed by atoms with E-state index >= 15 is 0 Å². The van der Waals surface area contributed by atoms with Crippen molar-refractivity contribution in [2.45, 2.75) is 6.42 Å². The molecule has 0 radical (unpaired) electrons. The summed E-state index contributed by atoms with van der Waals surface area (Å²) in [6, 6.07) is 23.2. The summed E-state index contributed by atoms with van der Waals surface area (Å²) in [6.07, 6.45) is 0.936. The predicted molar refractivity (Wildman–Crippen MR) is 121 cm³/mol. The van der Waals surface area contributed by atoms with Gasteiger partial charge in [0.1, 0.15) is 0 Å². The summed E-state index contributed by atoms with van der Waals surface area (Å²) in [7, 11) is -32.0. The molecule has 0 amide bonds. The molecule has 0 atom stereocenters. The Morgan fingerprint density at radius 3 is 1.22 bits per heavy atom. The van der Waals surface area contributed by atoms with Gasteiger partial charge in [-0.1, -0.05) is 54.6 Å². The second-order valence-electron chi connectivity index (χ2n) is 7.77. The first-order chi connectivity index (χ1) is 16.8.